The predicted molar refractivity (Wildman–Crippen MR) is 67.2 cm³/mol. The molecule has 1 heterocycles. The highest BCUT2D eigenvalue weighted by Gasteiger charge is 2.12. The molecule has 1 fully saturated rings. The number of nitrogens with one attached hydrogen (secondary N) is 1. The smallest absolute Gasteiger partial charge is 0.0642 e. The Morgan fingerprint density at radius 2 is 2.12 bits per heavy atom. The van der Waals surface area contributed by atoms with Gasteiger partial charge >= 0.3 is 0 Å². The van der Waals surface area contributed by atoms with Gasteiger partial charge in [-0.1, -0.05) is 17.7 Å². The Hall–Kier alpha value is -0.770. The second-order valence-electron chi connectivity index (χ2n) is 3.91. The third kappa shape index (κ3) is 2.67. The molecule has 1 aromatic rings. The Bertz CT molecular complexity index is 351. The van der Waals surface area contributed by atoms with Crippen molar-refractivity contribution in [2.45, 2.75) is 6.54 Å². The minimum atomic E-state index is 0.801. The van der Waals surface area contributed by atoms with Crippen LogP contribution in [0.15, 0.2) is 18.2 Å². The van der Waals surface area contributed by atoms with E-state index in [0.717, 1.165) is 43.4 Å². The van der Waals surface area contributed by atoms with Gasteiger partial charge in [0.15, 0.2) is 0 Å². The normalized spacial score (nSPS) is 16.5. The molecule has 0 amide bonds. The minimum absolute atomic E-state index is 0.801. The third-order valence-electron chi connectivity index (χ3n) is 2.78. The molecule has 16 heavy (non-hydrogen) atoms. The molecular weight excluding hydrogens is 224 g/mol. The first-order valence-electron chi connectivity index (χ1n) is 5.57. The first kappa shape index (κ1) is 11.7. The van der Waals surface area contributed by atoms with Gasteiger partial charge in [0.1, 0.15) is 0 Å². The number of hydrogen-bond donors (Lipinski definition) is 1. The Morgan fingerprint density at radius 3 is 2.75 bits per heavy atom. The first-order valence-corrected chi connectivity index (χ1v) is 5.95. The van der Waals surface area contributed by atoms with Gasteiger partial charge < -0.3 is 15.0 Å². The second-order valence-corrected chi connectivity index (χ2v) is 4.31. The maximum atomic E-state index is 6.23. The van der Waals surface area contributed by atoms with Crippen molar-refractivity contribution in [1.82, 2.24) is 5.32 Å². The summed E-state index contributed by atoms with van der Waals surface area (Å²) in [5, 5.41) is 3.94. The fourth-order valence-corrected chi connectivity index (χ4v) is 2.13. The zero-order chi connectivity index (χ0) is 11.4. The van der Waals surface area contributed by atoms with E-state index in [9.17, 15) is 0 Å². The van der Waals surface area contributed by atoms with E-state index < -0.39 is 0 Å². The molecule has 1 aliphatic heterocycles. The van der Waals surface area contributed by atoms with E-state index in [1.54, 1.807) is 0 Å². The van der Waals surface area contributed by atoms with Crippen LogP contribution in [0.4, 0.5) is 5.69 Å². The molecule has 1 saturated heterocycles. The molecule has 0 aromatic heterocycles. The fourth-order valence-electron chi connectivity index (χ4n) is 1.89. The lowest BCUT2D eigenvalue weighted by Crippen LogP contribution is -2.36. The topological polar surface area (TPSA) is 24.5 Å². The standard InChI is InChI=1S/C12H17ClN2O/c1-14-9-10-2-3-11(8-12(10)13)15-4-6-16-7-5-15/h2-3,8,14H,4-7,9H2,1H3. The van der Waals surface area contributed by atoms with Gasteiger partial charge in [0.2, 0.25) is 0 Å². The number of rotatable bonds is 3. The summed E-state index contributed by atoms with van der Waals surface area (Å²) in [6.45, 7) is 4.30. The van der Waals surface area contributed by atoms with Crippen molar-refractivity contribution in [3.05, 3.63) is 28.8 Å². The van der Waals surface area contributed by atoms with Crippen molar-refractivity contribution < 1.29 is 4.74 Å². The van der Waals surface area contributed by atoms with Crippen molar-refractivity contribution >= 4 is 17.3 Å². The number of hydrogen-bond acceptors (Lipinski definition) is 3. The van der Waals surface area contributed by atoms with Crippen molar-refractivity contribution in [2.24, 2.45) is 0 Å². The summed E-state index contributed by atoms with van der Waals surface area (Å²) in [5.74, 6) is 0. The number of anilines is 1. The zero-order valence-electron chi connectivity index (χ0n) is 9.50. The van der Waals surface area contributed by atoms with Crippen molar-refractivity contribution in [3.63, 3.8) is 0 Å². The molecule has 0 atom stereocenters. The quantitative estimate of drug-likeness (QED) is 0.874. The van der Waals surface area contributed by atoms with E-state index in [2.05, 4.69) is 22.3 Å². The molecule has 88 valence electrons. The van der Waals surface area contributed by atoms with E-state index in [1.807, 2.05) is 13.1 Å². The lowest BCUT2D eigenvalue weighted by atomic mass is 10.2. The molecule has 1 aliphatic rings. The highest BCUT2D eigenvalue weighted by atomic mass is 35.5. The zero-order valence-corrected chi connectivity index (χ0v) is 10.3. The van der Waals surface area contributed by atoms with Crippen LogP contribution < -0.4 is 10.2 Å². The van der Waals surface area contributed by atoms with E-state index >= 15 is 0 Å². The molecule has 0 spiro atoms. The van der Waals surface area contributed by atoms with Gasteiger partial charge in [-0.25, -0.2) is 0 Å². The van der Waals surface area contributed by atoms with E-state index in [0.29, 0.717) is 0 Å². The Balaban J connectivity index is 2.13. The van der Waals surface area contributed by atoms with Crippen LogP contribution in [0, 0.1) is 0 Å². The van der Waals surface area contributed by atoms with Gasteiger partial charge in [0.25, 0.3) is 0 Å². The Morgan fingerprint density at radius 1 is 1.38 bits per heavy atom. The lowest BCUT2D eigenvalue weighted by molar-refractivity contribution is 0.122. The summed E-state index contributed by atoms with van der Waals surface area (Å²) in [5.41, 5.74) is 2.33. The molecular formula is C12H17ClN2O. The van der Waals surface area contributed by atoms with Crippen LogP contribution in [0.25, 0.3) is 0 Å². The van der Waals surface area contributed by atoms with Crippen LogP contribution in [-0.4, -0.2) is 33.4 Å². The first-order chi connectivity index (χ1) is 7.81. The summed E-state index contributed by atoms with van der Waals surface area (Å²) in [6, 6.07) is 6.26. The minimum Gasteiger partial charge on any atom is -0.378 e. The van der Waals surface area contributed by atoms with Crippen LogP contribution in [0.5, 0.6) is 0 Å². The number of ether oxygens (including phenoxy) is 1. The molecule has 1 aromatic carbocycles. The van der Waals surface area contributed by atoms with Crippen LogP contribution >= 0.6 is 11.6 Å². The van der Waals surface area contributed by atoms with Crippen LogP contribution in [0.1, 0.15) is 5.56 Å². The van der Waals surface area contributed by atoms with E-state index in [-0.39, 0.29) is 0 Å². The monoisotopic (exact) mass is 240 g/mol. The van der Waals surface area contributed by atoms with Gasteiger partial charge in [-0.05, 0) is 24.7 Å². The second kappa shape index (κ2) is 5.53. The number of halogens is 1. The summed E-state index contributed by atoms with van der Waals surface area (Å²) in [7, 11) is 1.92. The van der Waals surface area contributed by atoms with Crippen LogP contribution in [-0.2, 0) is 11.3 Å². The molecule has 4 heteroatoms. The summed E-state index contributed by atoms with van der Waals surface area (Å²) in [6.07, 6.45) is 0. The average molecular weight is 241 g/mol. The maximum Gasteiger partial charge on any atom is 0.0642 e. The van der Waals surface area contributed by atoms with E-state index in [1.165, 1.54) is 5.69 Å². The molecule has 0 bridgehead atoms. The van der Waals surface area contributed by atoms with Crippen molar-refractivity contribution in [3.8, 4) is 0 Å². The van der Waals surface area contributed by atoms with E-state index in [4.69, 9.17) is 16.3 Å². The third-order valence-corrected chi connectivity index (χ3v) is 3.13. The molecule has 0 unspecified atom stereocenters. The number of benzene rings is 1. The number of nitrogens with zero attached hydrogens (tertiary/aromatic N) is 1. The lowest BCUT2D eigenvalue weighted by Gasteiger charge is -2.29. The van der Waals surface area contributed by atoms with Gasteiger partial charge in [-0.3, -0.25) is 0 Å². The highest BCUT2D eigenvalue weighted by Crippen LogP contribution is 2.24. The summed E-state index contributed by atoms with van der Waals surface area (Å²) < 4.78 is 5.33. The van der Waals surface area contributed by atoms with Gasteiger partial charge in [-0.15, -0.1) is 0 Å². The highest BCUT2D eigenvalue weighted by molar-refractivity contribution is 6.31. The van der Waals surface area contributed by atoms with Crippen molar-refractivity contribution in [2.75, 3.05) is 38.3 Å². The number of morpholine rings is 1. The molecule has 2 rings (SSSR count). The maximum absolute atomic E-state index is 6.23. The molecule has 1 N–H and O–H groups in total. The van der Waals surface area contributed by atoms with Gasteiger partial charge in [0.05, 0.1) is 13.2 Å². The van der Waals surface area contributed by atoms with Gasteiger partial charge in [-0.2, -0.15) is 0 Å². The molecule has 3 nitrogen and oxygen atoms in total. The largest absolute Gasteiger partial charge is 0.378 e. The SMILES string of the molecule is CNCc1ccc(N2CCOCC2)cc1Cl. The Labute approximate surface area is 101 Å². The van der Waals surface area contributed by atoms with Gasteiger partial charge in [0, 0.05) is 30.3 Å². The molecule has 0 aliphatic carbocycles. The van der Waals surface area contributed by atoms with Crippen LogP contribution in [0.2, 0.25) is 5.02 Å². The van der Waals surface area contributed by atoms with Crippen molar-refractivity contribution in [1.29, 1.82) is 0 Å². The van der Waals surface area contributed by atoms with Crippen LogP contribution in [0.3, 0.4) is 0 Å². The summed E-state index contributed by atoms with van der Waals surface area (Å²) >= 11 is 6.23. The predicted octanol–water partition coefficient (Wildman–Crippen LogP) is 1.90. The molecule has 0 saturated carbocycles. The Kier molecular flexibility index (Phi) is 4.04. The fraction of sp³-hybridized carbons (Fsp3) is 0.500. The average Bonchev–Trinajstić information content (AvgIpc) is 2.33. The summed E-state index contributed by atoms with van der Waals surface area (Å²) in [4.78, 5) is 2.30. The molecule has 0 radical (unpaired) electrons.